The molecule has 29 heavy (non-hydrogen) atoms. The van der Waals surface area contributed by atoms with E-state index in [-0.39, 0.29) is 23.6 Å². The number of aromatic nitrogens is 2. The van der Waals surface area contributed by atoms with Crippen molar-refractivity contribution in [3.63, 3.8) is 0 Å². The highest BCUT2D eigenvalue weighted by Gasteiger charge is 2.30. The van der Waals surface area contributed by atoms with E-state index >= 15 is 0 Å². The Bertz CT molecular complexity index is 976. The van der Waals surface area contributed by atoms with Gasteiger partial charge in [0.2, 0.25) is 5.91 Å². The number of aryl methyl sites for hydroxylation is 2. The number of rotatable bonds is 3. The fourth-order valence-corrected chi connectivity index (χ4v) is 4.95. The van der Waals surface area contributed by atoms with Crippen molar-refractivity contribution in [2.45, 2.75) is 76.2 Å². The third kappa shape index (κ3) is 3.73. The third-order valence-corrected chi connectivity index (χ3v) is 6.63. The lowest BCUT2D eigenvalue weighted by molar-refractivity contribution is -0.135. The zero-order valence-electron chi connectivity index (χ0n) is 16.6. The van der Waals surface area contributed by atoms with E-state index in [9.17, 15) is 9.59 Å². The Labute approximate surface area is 170 Å². The molecule has 6 nitrogen and oxygen atoms in total. The van der Waals surface area contributed by atoms with Gasteiger partial charge in [0, 0.05) is 18.5 Å². The molecular weight excluding hydrogens is 366 g/mol. The molecule has 1 aromatic heterocycles. The maximum Gasteiger partial charge on any atom is 0.267 e. The maximum absolute atomic E-state index is 12.7. The normalized spacial score (nSPS) is 25.9. The molecule has 1 aromatic carbocycles. The molecule has 1 saturated carbocycles. The van der Waals surface area contributed by atoms with Gasteiger partial charge in [0.25, 0.3) is 5.56 Å². The number of amides is 1. The molecule has 1 unspecified atom stereocenters. The van der Waals surface area contributed by atoms with Gasteiger partial charge in [0.1, 0.15) is 6.10 Å². The third-order valence-electron chi connectivity index (χ3n) is 6.63. The molecule has 1 fully saturated rings. The summed E-state index contributed by atoms with van der Waals surface area (Å²) in [6.45, 7) is 0.494. The Morgan fingerprint density at radius 1 is 1.07 bits per heavy atom. The van der Waals surface area contributed by atoms with Crippen LogP contribution in [0.25, 0.3) is 0 Å². The van der Waals surface area contributed by atoms with Gasteiger partial charge in [-0.25, -0.2) is 4.68 Å². The smallest absolute Gasteiger partial charge is 0.267 e. The molecule has 6 heteroatoms. The number of nitrogens with zero attached hydrogens (tertiary/aromatic N) is 2. The lowest BCUT2D eigenvalue weighted by atomic mass is 9.90. The highest BCUT2D eigenvalue weighted by Crippen LogP contribution is 2.28. The molecule has 0 saturated heterocycles. The number of hydrogen-bond donors (Lipinski definition) is 1. The van der Waals surface area contributed by atoms with Gasteiger partial charge in [-0.3, -0.25) is 9.59 Å². The summed E-state index contributed by atoms with van der Waals surface area (Å²) in [5.74, 6) is -0.0178. The van der Waals surface area contributed by atoms with Crippen LogP contribution in [0.2, 0.25) is 0 Å². The van der Waals surface area contributed by atoms with Gasteiger partial charge >= 0.3 is 0 Å². The molecule has 1 aliphatic heterocycles. The number of carbonyl (C=O) groups excluding carboxylic acids is 1. The van der Waals surface area contributed by atoms with Gasteiger partial charge in [-0.05, 0) is 61.6 Å². The van der Waals surface area contributed by atoms with E-state index < -0.39 is 6.10 Å². The predicted octanol–water partition coefficient (Wildman–Crippen LogP) is 2.47. The Kier molecular flexibility index (Phi) is 4.96. The number of ether oxygens (including phenoxy) is 1. The molecule has 0 spiro atoms. The molecule has 1 N–H and O–H groups in total. The number of hydrogen-bond acceptors (Lipinski definition) is 4. The summed E-state index contributed by atoms with van der Waals surface area (Å²) in [5.41, 5.74) is 4.61. The van der Waals surface area contributed by atoms with Crippen molar-refractivity contribution in [2.75, 3.05) is 0 Å². The summed E-state index contributed by atoms with van der Waals surface area (Å²) >= 11 is 0. The predicted molar refractivity (Wildman–Crippen MR) is 109 cm³/mol. The molecule has 2 aromatic rings. The summed E-state index contributed by atoms with van der Waals surface area (Å²) in [7, 11) is 0. The molecular formula is C23H27N3O3. The fourth-order valence-electron chi connectivity index (χ4n) is 4.95. The molecule has 0 bridgehead atoms. The van der Waals surface area contributed by atoms with Crippen LogP contribution in [0.4, 0.5) is 0 Å². The number of fused-ring (bicyclic) bond motifs is 2. The quantitative estimate of drug-likeness (QED) is 0.870. The highest BCUT2D eigenvalue weighted by molar-refractivity contribution is 5.81. The molecule has 3 aliphatic rings. The molecule has 1 amide bonds. The first kappa shape index (κ1) is 18.6. The van der Waals surface area contributed by atoms with Crippen LogP contribution in [0.1, 0.15) is 60.5 Å². The highest BCUT2D eigenvalue weighted by atomic mass is 16.5. The van der Waals surface area contributed by atoms with Crippen molar-refractivity contribution in [3.05, 3.63) is 63.1 Å². The molecule has 1 atom stereocenters. The van der Waals surface area contributed by atoms with Crippen LogP contribution in [-0.4, -0.2) is 27.8 Å². The van der Waals surface area contributed by atoms with Gasteiger partial charge in [-0.2, -0.15) is 5.10 Å². The van der Waals surface area contributed by atoms with Gasteiger partial charge in [-0.1, -0.05) is 24.3 Å². The second kappa shape index (κ2) is 7.75. The van der Waals surface area contributed by atoms with Crippen LogP contribution in [-0.2, 0) is 35.4 Å². The van der Waals surface area contributed by atoms with Crippen molar-refractivity contribution >= 4 is 5.91 Å². The lowest BCUT2D eigenvalue weighted by Crippen LogP contribution is -2.46. The zero-order chi connectivity index (χ0) is 19.8. The standard InChI is InChI=1S/C23H27N3O3/c27-22-13-16-6-3-7-20(16)25-26(22)19-10-8-18(9-11-19)24-23(28)21-12-15-4-1-2-5-17(15)14-29-21/h1-2,4-5,13,18-19,21H,3,6-12,14H2,(H,24,28). The lowest BCUT2D eigenvalue weighted by Gasteiger charge is -2.31. The molecule has 152 valence electrons. The van der Waals surface area contributed by atoms with E-state index in [4.69, 9.17) is 4.74 Å². The van der Waals surface area contributed by atoms with Crippen LogP contribution in [0.3, 0.4) is 0 Å². The number of benzene rings is 1. The zero-order valence-corrected chi connectivity index (χ0v) is 16.6. The van der Waals surface area contributed by atoms with Crippen molar-refractivity contribution in [1.82, 2.24) is 15.1 Å². The van der Waals surface area contributed by atoms with Crippen molar-refractivity contribution < 1.29 is 9.53 Å². The van der Waals surface area contributed by atoms with Gasteiger partial charge in [-0.15, -0.1) is 0 Å². The van der Waals surface area contributed by atoms with Crippen LogP contribution < -0.4 is 10.9 Å². The second-order valence-corrected chi connectivity index (χ2v) is 8.54. The molecule has 0 radical (unpaired) electrons. The average Bonchev–Trinajstić information content (AvgIpc) is 3.20. The van der Waals surface area contributed by atoms with Gasteiger partial charge in [0.15, 0.2) is 0 Å². The Morgan fingerprint density at radius 3 is 2.69 bits per heavy atom. The fraction of sp³-hybridized carbons (Fsp3) is 0.522. The summed E-state index contributed by atoms with van der Waals surface area (Å²) in [5, 5.41) is 7.83. The van der Waals surface area contributed by atoms with E-state index in [2.05, 4.69) is 22.5 Å². The van der Waals surface area contributed by atoms with E-state index in [1.165, 1.54) is 11.1 Å². The molecule has 2 aliphatic carbocycles. The minimum absolute atomic E-state index is 0.0178. The van der Waals surface area contributed by atoms with Crippen molar-refractivity contribution in [2.24, 2.45) is 0 Å². The monoisotopic (exact) mass is 393 g/mol. The van der Waals surface area contributed by atoms with Crippen LogP contribution in [0.15, 0.2) is 35.1 Å². The van der Waals surface area contributed by atoms with E-state index in [0.717, 1.165) is 56.2 Å². The van der Waals surface area contributed by atoms with Crippen LogP contribution >= 0.6 is 0 Å². The minimum atomic E-state index is -0.413. The SMILES string of the molecule is O=C(NC1CCC(n2nc3c(cc2=O)CCC3)CC1)C1Cc2ccccc2CO1. The van der Waals surface area contributed by atoms with E-state index in [1.807, 2.05) is 12.1 Å². The second-order valence-electron chi connectivity index (χ2n) is 8.54. The molecule has 2 heterocycles. The van der Waals surface area contributed by atoms with E-state index in [1.54, 1.807) is 10.7 Å². The van der Waals surface area contributed by atoms with Crippen LogP contribution in [0, 0.1) is 0 Å². The Morgan fingerprint density at radius 2 is 1.86 bits per heavy atom. The van der Waals surface area contributed by atoms with Crippen LogP contribution in [0.5, 0.6) is 0 Å². The van der Waals surface area contributed by atoms with E-state index in [0.29, 0.717) is 13.0 Å². The Hall–Kier alpha value is -2.47. The van der Waals surface area contributed by atoms with Gasteiger partial charge in [0.05, 0.1) is 18.3 Å². The average molecular weight is 393 g/mol. The summed E-state index contributed by atoms with van der Waals surface area (Å²) < 4.78 is 7.49. The number of carbonyl (C=O) groups is 1. The number of nitrogens with one attached hydrogen (secondary N) is 1. The topological polar surface area (TPSA) is 73.2 Å². The minimum Gasteiger partial charge on any atom is -0.363 e. The first-order valence-electron chi connectivity index (χ1n) is 10.8. The maximum atomic E-state index is 12.7. The van der Waals surface area contributed by atoms with Crippen molar-refractivity contribution in [1.29, 1.82) is 0 Å². The van der Waals surface area contributed by atoms with Crippen molar-refractivity contribution in [3.8, 4) is 0 Å². The summed E-state index contributed by atoms with van der Waals surface area (Å²) in [4.78, 5) is 25.2. The largest absolute Gasteiger partial charge is 0.363 e. The first-order chi connectivity index (χ1) is 14.2. The first-order valence-corrected chi connectivity index (χ1v) is 10.8. The van der Waals surface area contributed by atoms with Gasteiger partial charge < -0.3 is 10.1 Å². The Balaban J connectivity index is 1.18. The summed E-state index contributed by atoms with van der Waals surface area (Å²) in [6, 6.07) is 10.2. The molecule has 5 rings (SSSR count). The summed E-state index contributed by atoms with van der Waals surface area (Å²) in [6.07, 6.45) is 6.73.